The molecule has 0 spiro atoms. The van der Waals surface area contributed by atoms with Crippen molar-refractivity contribution in [1.29, 1.82) is 0 Å². The number of rotatable bonds is 4. The van der Waals surface area contributed by atoms with Crippen molar-refractivity contribution in [3.8, 4) is 22.5 Å². The van der Waals surface area contributed by atoms with Gasteiger partial charge in [-0.15, -0.1) is 11.3 Å². The van der Waals surface area contributed by atoms with Gasteiger partial charge >= 0.3 is 0 Å². The van der Waals surface area contributed by atoms with Crippen LogP contribution >= 0.6 is 11.3 Å². The Morgan fingerprint density at radius 1 is 0.964 bits per heavy atom. The maximum Gasteiger partial charge on any atom is 0.163 e. The maximum absolute atomic E-state index is 11.9. The lowest BCUT2D eigenvalue weighted by atomic mass is 10.1. The molecule has 0 saturated carbocycles. The van der Waals surface area contributed by atoms with E-state index in [1.807, 2.05) is 48.5 Å². The molecule has 0 aliphatic carbocycles. The van der Waals surface area contributed by atoms with Crippen LogP contribution in [0.2, 0.25) is 0 Å². The van der Waals surface area contributed by atoms with Gasteiger partial charge in [-0.3, -0.25) is 4.21 Å². The molecular formula is C22H19N3OS2. The summed E-state index contributed by atoms with van der Waals surface area (Å²) >= 11 is 1.64. The molecule has 28 heavy (non-hydrogen) atoms. The van der Waals surface area contributed by atoms with Crippen molar-refractivity contribution in [2.45, 2.75) is 12.5 Å². The van der Waals surface area contributed by atoms with Gasteiger partial charge < -0.3 is 5.32 Å². The zero-order valence-electron chi connectivity index (χ0n) is 15.2. The second-order valence-corrected chi connectivity index (χ2v) is 9.38. The first-order chi connectivity index (χ1) is 13.8. The first-order valence-electron chi connectivity index (χ1n) is 9.29. The van der Waals surface area contributed by atoms with E-state index >= 15 is 0 Å². The fourth-order valence-electron chi connectivity index (χ4n) is 3.56. The van der Waals surface area contributed by atoms with Crippen LogP contribution in [0.1, 0.15) is 6.42 Å². The zero-order chi connectivity index (χ0) is 18.9. The van der Waals surface area contributed by atoms with Gasteiger partial charge in [0.25, 0.3) is 0 Å². The number of hydrogen-bond donors (Lipinski definition) is 1. The third kappa shape index (κ3) is 3.34. The minimum absolute atomic E-state index is 0.186. The number of anilines is 1. The number of thiophene rings is 1. The van der Waals surface area contributed by atoms with Crippen LogP contribution in [-0.2, 0) is 10.8 Å². The van der Waals surface area contributed by atoms with Crippen molar-refractivity contribution in [2.24, 2.45) is 0 Å². The maximum atomic E-state index is 11.9. The topological polar surface area (TPSA) is 54.9 Å². The normalized spacial score (nSPS) is 19.1. The lowest BCUT2D eigenvalue weighted by Crippen LogP contribution is -2.20. The van der Waals surface area contributed by atoms with E-state index in [0.717, 1.165) is 50.7 Å². The molecule has 4 nitrogen and oxygen atoms in total. The Morgan fingerprint density at radius 2 is 1.68 bits per heavy atom. The fourth-order valence-corrected chi connectivity index (χ4v) is 5.92. The van der Waals surface area contributed by atoms with Crippen LogP contribution in [0.15, 0.2) is 66.0 Å². The van der Waals surface area contributed by atoms with Crippen molar-refractivity contribution in [2.75, 3.05) is 16.8 Å². The van der Waals surface area contributed by atoms with Crippen LogP contribution in [-0.4, -0.2) is 31.7 Å². The van der Waals surface area contributed by atoms with Crippen molar-refractivity contribution in [3.05, 3.63) is 66.0 Å². The van der Waals surface area contributed by atoms with E-state index in [1.54, 1.807) is 11.3 Å². The molecule has 2 aromatic carbocycles. The summed E-state index contributed by atoms with van der Waals surface area (Å²) in [6, 6.07) is 20.6. The Morgan fingerprint density at radius 3 is 2.36 bits per heavy atom. The number of nitrogens with one attached hydrogen (secondary N) is 1. The molecule has 2 unspecified atom stereocenters. The predicted octanol–water partition coefficient (Wildman–Crippen LogP) is 4.96. The van der Waals surface area contributed by atoms with Gasteiger partial charge in [-0.2, -0.15) is 0 Å². The van der Waals surface area contributed by atoms with Crippen molar-refractivity contribution in [1.82, 2.24) is 9.97 Å². The SMILES string of the molecule is O=S1CCC(Nc2nc(-c3ccccc3)nc3scc(-c4ccccc4)c23)C1. The smallest absolute Gasteiger partial charge is 0.163 e. The van der Waals surface area contributed by atoms with Crippen molar-refractivity contribution < 1.29 is 4.21 Å². The van der Waals surface area contributed by atoms with E-state index in [9.17, 15) is 4.21 Å². The summed E-state index contributed by atoms with van der Waals surface area (Å²) in [5.41, 5.74) is 3.29. The minimum atomic E-state index is -0.737. The fraction of sp³-hybridized carbons (Fsp3) is 0.182. The van der Waals surface area contributed by atoms with Crippen molar-refractivity contribution in [3.63, 3.8) is 0 Å². The molecule has 0 amide bonds. The Hall–Kier alpha value is -2.57. The Bertz CT molecular complexity index is 1140. The summed E-state index contributed by atoms with van der Waals surface area (Å²) in [7, 11) is -0.737. The van der Waals surface area contributed by atoms with Crippen LogP contribution < -0.4 is 5.32 Å². The summed E-state index contributed by atoms with van der Waals surface area (Å²) < 4.78 is 11.9. The molecule has 2 aromatic heterocycles. The predicted molar refractivity (Wildman–Crippen MR) is 118 cm³/mol. The zero-order valence-corrected chi connectivity index (χ0v) is 16.8. The van der Waals surface area contributed by atoms with Crippen LogP contribution in [0.5, 0.6) is 0 Å². The number of fused-ring (bicyclic) bond motifs is 1. The molecule has 3 heterocycles. The van der Waals surface area contributed by atoms with Gasteiger partial charge in [0.15, 0.2) is 5.82 Å². The average Bonchev–Trinajstić information content (AvgIpc) is 3.35. The van der Waals surface area contributed by atoms with Gasteiger partial charge in [0, 0.05) is 44.9 Å². The monoisotopic (exact) mass is 405 g/mol. The van der Waals surface area contributed by atoms with Gasteiger partial charge in [-0.25, -0.2) is 9.97 Å². The largest absolute Gasteiger partial charge is 0.366 e. The average molecular weight is 406 g/mol. The minimum Gasteiger partial charge on any atom is -0.366 e. The lowest BCUT2D eigenvalue weighted by molar-refractivity contribution is 0.686. The highest BCUT2D eigenvalue weighted by atomic mass is 32.2. The van der Waals surface area contributed by atoms with E-state index in [1.165, 1.54) is 0 Å². The second-order valence-electron chi connectivity index (χ2n) is 6.90. The Balaban J connectivity index is 1.67. The Labute approximate surface area is 170 Å². The first kappa shape index (κ1) is 17.5. The van der Waals surface area contributed by atoms with Gasteiger partial charge in [0.1, 0.15) is 10.6 Å². The standard InChI is InChI=1S/C22H19N3OS2/c26-28-12-11-17(14-28)23-21-19-18(15-7-3-1-4-8-15)13-27-22(19)25-20(24-21)16-9-5-2-6-10-16/h1-10,13,17H,11-12,14H2,(H,23,24,25). The molecule has 0 bridgehead atoms. The molecule has 0 radical (unpaired) electrons. The molecule has 1 N–H and O–H groups in total. The van der Waals surface area contributed by atoms with Crippen LogP contribution in [0.25, 0.3) is 32.7 Å². The van der Waals surface area contributed by atoms with Gasteiger partial charge in [0.05, 0.1) is 5.39 Å². The lowest BCUT2D eigenvalue weighted by Gasteiger charge is -2.15. The summed E-state index contributed by atoms with van der Waals surface area (Å²) in [5.74, 6) is 2.99. The molecule has 5 rings (SSSR count). The molecule has 1 aliphatic rings. The van der Waals surface area contributed by atoms with Crippen LogP contribution in [0.4, 0.5) is 5.82 Å². The van der Waals surface area contributed by atoms with Crippen LogP contribution in [0, 0.1) is 0 Å². The van der Waals surface area contributed by atoms with Crippen molar-refractivity contribution >= 4 is 38.2 Å². The molecule has 1 fully saturated rings. The number of hydrogen-bond acceptors (Lipinski definition) is 5. The van der Waals surface area contributed by atoms with E-state index in [4.69, 9.17) is 9.97 Å². The quantitative estimate of drug-likeness (QED) is 0.521. The molecule has 140 valence electrons. The van der Waals surface area contributed by atoms with E-state index in [-0.39, 0.29) is 6.04 Å². The van der Waals surface area contributed by atoms with E-state index < -0.39 is 10.8 Å². The van der Waals surface area contributed by atoms with Crippen LogP contribution in [0.3, 0.4) is 0 Å². The van der Waals surface area contributed by atoms with E-state index in [2.05, 4.69) is 22.8 Å². The summed E-state index contributed by atoms with van der Waals surface area (Å²) in [6.45, 7) is 0. The molecule has 1 aliphatic heterocycles. The van der Waals surface area contributed by atoms with Gasteiger partial charge in [-0.1, -0.05) is 60.7 Å². The molecule has 6 heteroatoms. The van der Waals surface area contributed by atoms with E-state index in [0.29, 0.717) is 5.75 Å². The third-order valence-electron chi connectivity index (χ3n) is 4.97. The van der Waals surface area contributed by atoms with Gasteiger partial charge in [-0.05, 0) is 12.0 Å². The molecular weight excluding hydrogens is 386 g/mol. The summed E-state index contributed by atoms with van der Waals surface area (Å²) in [5, 5.41) is 6.79. The summed E-state index contributed by atoms with van der Waals surface area (Å²) in [6.07, 6.45) is 0.906. The molecule has 4 aromatic rings. The highest BCUT2D eigenvalue weighted by molar-refractivity contribution is 7.85. The summed E-state index contributed by atoms with van der Waals surface area (Å²) in [4.78, 5) is 10.7. The molecule has 2 atom stereocenters. The number of benzene rings is 2. The molecule has 1 saturated heterocycles. The highest BCUT2D eigenvalue weighted by Gasteiger charge is 2.24. The van der Waals surface area contributed by atoms with Gasteiger partial charge in [0.2, 0.25) is 0 Å². The number of aromatic nitrogens is 2. The number of nitrogens with zero attached hydrogens (tertiary/aromatic N) is 2. The second kappa shape index (κ2) is 7.45. The highest BCUT2D eigenvalue weighted by Crippen LogP contribution is 2.38. The Kier molecular flexibility index (Phi) is 4.66. The first-order valence-corrected chi connectivity index (χ1v) is 11.7. The third-order valence-corrected chi connectivity index (χ3v) is 7.31.